The lowest BCUT2D eigenvalue weighted by Crippen LogP contribution is -2.28. The third-order valence-corrected chi connectivity index (χ3v) is 3.14. The first-order valence-electron chi connectivity index (χ1n) is 6.67. The average Bonchev–Trinajstić information content (AvgIpc) is 2.82. The molecule has 1 aromatic heterocycles. The minimum absolute atomic E-state index is 0.263. The molecule has 8 heteroatoms. The van der Waals surface area contributed by atoms with Crippen molar-refractivity contribution in [1.82, 2.24) is 20.1 Å². The number of urea groups is 1. The van der Waals surface area contributed by atoms with Crippen molar-refractivity contribution < 1.29 is 14.3 Å². The van der Waals surface area contributed by atoms with Crippen molar-refractivity contribution in [3.05, 3.63) is 29.6 Å². The normalized spacial score (nSPS) is 10.2. The van der Waals surface area contributed by atoms with Crippen LogP contribution >= 0.6 is 0 Å². The molecule has 8 nitrogen and oxygen atoms in total. The fraction of sp³-hybridized carbons (Fsp3) is 0.357. The van der Waals surface area contributed by atoms with Gasteiger partial charge >= 0.3 is 6.03 Å². The summed E-state index contributed by atoms with van der Waals surface area (Å²) in [6.07, 6.45) is 0. The zero-order valence-corrected chi connectivity index (χ0v) is 13.0. The third-order valence-electron chi connectivity index (χ3n) is 3.14. The second kappa shape index (κ2) is 6.79. The van der Waals surface area contributed by atoms with Crippen molar-refractivity contribution in [1.29, 1.82) is 0 Å². The summed E-state index contributed by atoms with van der Waals surface area (Å²) in [7, 11) is 4.91. The summed E-state index contributed by atoms with van der Waals surface area (Å²) in [5.74, 6) is 2.32. The van der Waals surface area contributed by atoms with Crippen molar-refractivity contribution in [2.45, 2.75) is 13.5 Å². The van der Waals surface area contributed by atoms with Crippen LogP contribution < -0.4 is 20.1 Å². The van der Waals surface area contributed by atoms with E-state index in [1.54, 1.807) is 45.0 Å². The van der Waals surface area contributed by atoms with Crippen LogP contribution in [0.15, 0.2) is 18.2 Å². The van der Waals surface area contributed by atoms with Gasteiger partial charge in [-0.3, -0.25) is 10.00 Å². The van der Waals surface area contributed by atoms with Gasteiger partial charge in [0.25, 0.3) is 0 Å². The molecule has 0 aliphatic rings. The Morgan fingerprint density at radius 3 is 2.68 bits per heavy atom. The van der Waals surface area contributed by atoms with E-state index in [-0.39, 0.29) is 12.0 Å². The number of ether oxygens (including phenoxy) is 2. The monoisotopic (exact) mass is 305 g/mol. The third kappa shape index (κ3) is 3.66. The molecule has 0 saturated carbocycles. The van der Waals surface area contributed by atoms with Gasteiger partial charge in [0.05, 0.1) is 14.2 Å². The van der Waals surface area contributed by atoms with Gasteiger partial charge in [-0.25, -0.2) is 4.79 Å². The van der Waals surface area contributed by atoms with Crippen molar-refractivity contribution in [2.24, 2.45) is 7.05 Å². The van der Waals surface area contributed by atoms with Crippen molar-refractivity contribution in [3.63, 3.8) is 0 Å². The molecule has 0 spiro atoms. The highest BCUT2D eigenvalue weighted by Gasteiger charge is 2.09. The van der Waals surface area contributed by atoms with Crippen LogP contribution in [0, 0.1) is 6.92 Å². The topological polar surface area (TPSA) is 90.3 Å². The van der Waals surface area contributed by atoms with Crippen LogP contribution in [0.1, 0.15) is 11.4 Å². The summed E-state index contributed by atoms with van der Waals surface area (Å²) in [4.78, 5) is 16.0. The first-order valence-corrected chi connectivity index (χ1v) is 6.67. The number of methoxy groups -OCH3 is 2. The van der Waals surface area contributed by atoms with E-state index in [2.05, 4.69) is 20.7 Å². The number of carbonyl (C=O) groups excluding carboxylic acids is 1. The number of aryl methyl sites for hydroxylation is 2. The van der Waals surface area contributed by atoms with Crippen LogP contribution in [-0.2, 0) is 13.6 Å². The summed E-state index contributed by atoms with van der Waals surface area (Å²) < 4.78 is 12.0. The Morgan fingerprint density at radius 1 is 1.32 bits per heavy atom. The number of amides is 2. The maximum Gasteiger partial charge on any atom is 0.321 e. The Hall–Kier alpha value is -2.77. The summed E-state index contributed by atoms with van der Waals surface area (Å²) in [5, 5.41) is 9.36. The summed E-state index contributed by atoms with van der Waals surface area (Å²) in [6.45, 7) is 2.11. The van der Waals surface area contributed by atoms with E-state index >= 15 is 0 Å². The summed E-state index contributed by atoms with van der Waals surface area (Å²) in [6, 6.07) is 5.02. The smallest absolute Gasteiger partial charge is 0.321 e. The largest absolute Gasteiger partial charge is 0.497 e. The molecular weight excluding hydrogens is 286 g/mol. The average molecular weight is 305 g/mol. The Morgan fingerprint density at radius 2 is 2.09 bits per heavy atom. The molecule has 2 N–H and O–H groups in total. The maximum atomic E-state index is 11.9. The molecule has 0 atom stereocenters. The number of nitrogens with zero attached hydrogens (tertiary/aromatic N) is 3. The fourth-order valence-corrected chi connectivity index (χ4v) is 1.83. The van der Waals surface area contributed by atoms with Crippen LogP contribution in [0.25, 0.3) is 0 Å². The van der Waals surface area contributed by atoms with E-state index in [0.717, 1.165) is 5.56 Å². The number of benzene rings is 1. The first kappa shape index (κ1) is 15.6. The van der Waals surface area contributed by atoms with Crippen molar-refractivity contribution >= 4 is 12.0 Å². The van der Waals surface area contributed by atoms with E-state index < -0.39 is 0 Å². The molecule has 118 valence electrons. The molecule has 0 bridgehead atoms. The highest BCUT2D eigenvalue weighted by molar-refractivity contribution is 5.87. The standard InChI is InChI=1S/C14H19N5O3/c1-9-16-13(18-19(9)2)17-14(20)15-8-10-5-6-11(21-3)7-12(10)22-4/h5-7H,8H2,1-4H3,(H2,15,17,18,20). The Balaban J connectivity index is 1.96. The molecule has 0 unspecified atom stereocenters. The van der Waals surface area contributed by atoms with Gasteiger partial charge in [0.15, 0.2) is 0 Å². The van der Waals surface area contributed by atoms with E-state index in [1.807, 2.05) is 6.07 Å². The van der Waals surface area contributed by atoms with Crippen LogP contribution in [0.4, 0.5) is 10.7 Å². The number of hydrogen-bond acceptors (Lipinski definition) is 5. The van der Waals surface area contributed by atoms with Gasteiger partial charge in [-0.1, -0.05) is 0 Å². The lowest BCUT2D eigenvalue weighted by Gasteiger charge is -2.11. The van der Waals surface area contributed by atoms with Gasteiger partial charge in [-0.15, -0.1) is 5.10 Å². The number of aromatic nitrogens is 3. The van der Waals surface area contributed by atoms with Gasteiger partial charge in [0.2, 0.25) is 5.95 Å². The second-order valence-corrected chi connectivity index (χ2v) is 4.59. The van der Waals surface area contributed by atoms with Crippen LogP contribution in [0.2, 0.25) is 0 Å². The second-order valence-electron chi connectivity index (χ2n) is 4.59. The number of anilines is 1. The van der Waals surface area contributed by atoms with Gasteiger partial charge in [-0.2, -0.15) is 4.98 Å². The van der Waals surface area contributed by atoms with E-state index in [4.69, 9.17) is 9.47 Å². The van der Waals surface area contributed by atoms with Crippen molar-refractivity contribution in [3.8, 4) is 11.5 Å². The molecule has 22 heavy (non-hydrogen) atoms. The number of carbonyl (C=O) groups is 1. The van der Waals surface area contributed by atoms with Gasteiger partial charge in [0, 0.05) is 25.2 Å². The molecule has 0 fully saturated rings. The van der Waals surface area contributed by atoms with E-state index in [9.17, 15) is 4.79 Å². The maximum absolute atomic E-state index is 11.9. The van der Waals surface area contributed by atoms with Gasteiger partial charge < -0.3 is 14.8 Å². The minimum atomic E-state index is -0.386. The molecule has 0 aliphatic heterocycles. The molecule has 0 aliphatic carbocycles. The van der Waals surface area contributed by atoms with E-state index in [1.165, 1.54) is 0 Å². The Bertz CT molecular complexity index is 649. The fourth-order valence-electron chi connectivity index (χ4n) is 1.83. The highest BCUT2D eigenvalue weighted by Crippen LogP contribution is 2.24. The zero-order valence-electron chi connectivity index (χ0n) is 13.0. The lowest BCUT2D eigenvalue weighted by atomic mass is 10.2. The van der Waals surface area contributed by atoms with Crippen LogP contribution in [-0.4, -0.2) is 35.0 Å². The SMILES string of the molecule is COc1ccc(CNC(=O)Nc2nc(C)n(C)n2)c(OC)c1. The molecule has 2 rings (SSSR count). The molecular formula is C14H19N5O3. The highest BCUT2D eigenvalue weighted by atomic mass is 16.5. The number of hydrogen-bond donors (Lipinski definition) is 2. The van der Waals surface area contributed by atoms with Gasteiger partial charge in [-0.05, 0) is 19.1 Å². The van der Waals surface area contributed by atoms with Crippen LogP contribution in [0.3, 0.4) is 0 Å². The molecule has 1 heterocycles. The van der Waals surface area contributed by atoms with Gasteiger partial charge in [0.1, 0.15) is 17.3 Å². The van der Waals surface area contributed by atoms with E-state index in [0.29, 0.717) is 23.9 Å². The predicted octanol–water partition coefficient (Wildman–Crippen LogP) is 1.46. The first-order chi connectivity index (χ1) is 10.5. The molecule has 0 saturated heterocycles. The molecule has 1 aromatic carbocycles. The number of rotatable bonds is 5. The predicted molar refractivity (Wildman–Crippen MR) is 81.1 cm³/mol. The van der Waals surface area contributed by atoms with Crippen LogP contribution in [0.5, 0.6) is 11.5 Å². The zero-order chi connectivity index (χ0) is 16.1. The molecule has 2 amide bonds. The molecule has 2 aromatic rings. The summed E-state index contributed by atoms with van der Waals surface area (Å²) in [5.41, 5.74) is 0.837. The van der Waals surface area contributed by atoms with Crippen molar-refractivity contribution in [2.75, 3.05) is 19.5 Å². The minimum Gasteiger partial charge on any atom is -0.497 e. The molecule has 0 radical (unpaired) electrons. The Labute approximate surface area is 128 Å². The lowest BCUT2D eigenvalue weighted by molar-refractivity contribution is 0.251. The summed E-state index contributed by atoms with van der Waals surface area (Å²) >= 11 is 0. The quantitative estimate of drug-likeness (QED) is 0.873. The number of nitrogens with one attached hydrogen (secondary N) is 2. The Kier molecular flexibility index (Phi) is 4.82.